The monoisotopic (exact) mass is 337 g/mol. The molecule has 0 saturated heterocycles. The van der Waals surface area contributed by atoms with Crippen molar-refractivity contribution in [3.63, 3.8) is 0 Å². The van der Waals surface area contributed by atoms with Crippen LogP contribution in [0.1, 0.15) is 17.4 Å². The summed E-state index contributed by atoms with van der Waals surface area (Å²) < 4.78 is 41.3. The highest BCUT2D eigenvalue weighted by molar-refractivity contribution is 5.72. The third-order valence-corrected chi connectivity index (χ3v) is 3.58. The first kappa shape index (κ1) is 16.2. The van der Waals surface area contributed by atoms with Crippen LogP contribution in [0.15, 0.2) is 41.3 Å². The van der Waals surface area contributed by atoms with E-state index in [0.29, 0.717) is 5.65 Å². The number of aromatic amines is 1. The molecule has 3 rings (SSSR count). The predicted molar refractivity (Wildman–Crippen MR) is 81.2 cm³/mol. The number of hydrogen-bond donors (Lipinski definition) is 2. The lowest BCUT2D eigenvalue weighted by molar-refractivity contribution is -0.158. The molecule has 0 radical (unpaired) electrons. The lowest BCUT2D eigenvalue weighted by Crippen LogP contribution is -2.34. The molecular formula is C15H14F3N5O. The molecule has 6 nitrogen and oxygen atoms in total. The van der Waals surface area contributed by atoms with Crippen LogP contribution in [0.25, 0.3) is 11.0 Å². The molecule has 9 heteroatoms. The maximum Gasteiger partial charge on any atom is 0.407 e. The first-order chi connectivity index (χ1) is 11.4. The smallest absolute Gasteiger partial charge is 0.309 e. The number of aryl methyl sites for hydroxylation is 1. The first-order valence-corrected chi connectivity index (χ1v) is 7.12. The molecule has 1 atom stereocenters. The van der Waals surface area contributed by atoms with E-state index >= 15 is 0 Å². The van der Waals surface area contributed by atoms with E-state index in [1.54, 1.807) is 13.1 Å². The van der Waals surface area contributed by atoms with Gasteiger partial charge in [0.1, 0.15) is 17.3 Å². The average Bonchev–Trinajstić information content (AvgIpc) is 2.89. The van der Waals surface area contributed by atoms with Crippen molar-refractivity contribution in [2.45, 2.75) is 18.8 Å². The molecular weight excluding hydrogens is 323 g/mol. The second kappa shape index (κ2) is 6.08. The molecule has 2 N–H and O–H groups in total. The molecule has 0 fully saturated rings. The zero-order valence-electron chi connectivity index (χ0n) is 12.6. The molecule has 1 aromatic carbocycles. The lowest BCUT2D eigenvalue weighted by Gasteiger charge is -2.21. The van der Waals surface area contributed by atoms with Gasteiger partial charge in [0.05, 0.1) is 12.7 Å². The van der Waals surface area contributed by atoms with Crippen molar-refractivity contribution in [3.05, 3.63) is 58.3 Å². The van der Waals surface area contributed by atoms with Crippen molar-refractivity contribution < 1.29 is 13.2 Å². The van der Waals surface area contributed by atoms with Gasteiger partial charge < -0.3 is 4.98 Å². The molecule has 0 bridgehead atoms. The summed E-state index contributed by atoms with van der Waals surface area (Å²) in [5.41, 5.74) is -0.0269. The predicted octanol–water partition coefficient (Wildman–Crippen LogP) is 2.05. The first-order valence-electron chi connectivity index (χ1n) is 7.12. The van der Waals surface area contributed by atoms with Crippen LogP contribution in [0.4, 0.5) is 13.2 Å². The van der Waals surface area contributed by atoms with Gasteiger partial charge >= 0.3 is 6.18 Å². The van der Waals surface area contributed by atoms with Gasteiger partial charge in [-0.05, 0) is 5.56 Å². The van der Waals surface area contributed by atoms with E-state index in [1.165, 1.54) is 35.1 Å². The van der Waals surface area contributed by atoms with E-state index in [-0.39, 0.29) is 23.3 Å². The molecule has 24 heavy (non-hydrogen) atoms. The largest absolute Gasteiger partial charge is 0.407 e. The van der Waals surface area contributed by atoms with Crippen molar-refractivity contribution in [3.8, 4) is 0 Å². The van der Waals surface area contributed by atoms with Gasteiger partial charge in [-0.3, -0.25) is 14.8 Å². The topological polar surface area (TPSA) is 75.6 Å². The van der Waals surface area contributed by atoms with Crippen molar-refractivity contribution in [1.29, 1.82) is 0 Å². The minimum absolute atomic E-state index is 0.0916. The molecule has 0 spiro atoms. The summed E-state index contributed by atoms with van der Waals surface area (Å²) in [6.07, 6.45) is -3.11. The zero-order chi connectivity index (χ0) is 17.3. The Kier molecular flexibility index (Phi) is 4.10. The second-order valence-electron chi connectivity index (χ2n) is 5.28. The minimum Gasteiger partial charge on any atom is -0.309 e. The number of benzene rings is 1. The van der Waals surface area contributed by atoms with Gasteiger partial charge in [-0.25, -0.2) is 4.98 Å². The van der Waals surface area contributed by atoms with Crippen LogP contribution in [0, 0.1) is 0 Å². The molecule has 2 aromatic heterocycles. The van der Waals surface area contributed by atoms with Crippen LogP contribution in [0.2, 0.25) is 0 Å². The van der Waals surface area contributed by atoms with Crippen molar-refractivity contribution in [1.82, 2.24) is 25.1 Å². The van der Waals surface area contributed by atoms with Gasteiger partial charge in [0, 0.05) is 7.05 Å². The minimum atomic E-state index is -4.47. The van der Waals surface area contributed by atoms with Gasteiger partial charge in [0.2, 0.25) is 0 Å². The molecule has 3 aromatic rings. The molecule has 0 aliphatic carbocycles. The number of rotatable bonds is 4. The SMILES string of the molecule is Cn1ncc2c(=O)[nH]c(CNC(c3ccccc3)C(F)(F)F)nc21. The van der Waals surface area contributed by atoms with E-state index in [2.05, 4.69) is 20.4 Å². The maximum absolute atomic E-state index is 13.3. The van der Waals surface area contributed by atoms with Gasteiger partial charge in [-0.15, -0.1) is 0 Å². The number of halogens is 3. The highest BCUT2D eigenvalue weighted by Crippen LogP contribution is 2.32. The molecule has 0 aliphatic heterocycles. The van der Waals surface area contributed by atoms with Crippen LogP contribution in [-0.2, 0) is 13.6 Å². The molecule has 0 aliphatic rings. The third kappa shape index (κ3) is 3.16. The van der Waals surface area contributed by atoms with Crippen molar-refractivity contribution >= 4 is 11.0 Å². The Morgan fingerprint density at radius 1 is 1.29 bits per heavy atom. The molecule has 0 saturated carbocycles. The fourth-order valence-electron chi connectivity index (χ4n) is 2.43. The summed E-state index contributed by atoms with van der Waals surface area (Å²) in [7, 11) is 1.61. The van der Waals surface area contributed by atoms with Gasteiger partial charge in [-0.2, -0.15) is 18.3 Å². The van der Waals surface area contributed by atoms with Crippen LogP contribution in [-0.4, -0.2) is 25.9 Å². The summed E-state index contributed by atoms with van der Waals surface area (Å²) in [6, 6.07) is 5.66. The summed E-state index contributed by atoms with van der Waals surface area (Å²) >= 11 is 0. The number of nitrogens with zero attached hydrogens (tertiary/aromatic N) is 3. The van der Waals surface area contributed by atoms with E-state index in [4.69, 9.17) is 0 Å². The summed E-state index contributed by atoms with van der Waals surface area (Å²) in [5, 5.41) is 6.61. The van der Waals surface area contributed by atoms with E-state index in [9.17, 15) is 18.0 Å². The van der Waals surface area contributed by atoms with Gasteiger partial charge in [0.25, 0.3) is 5.56 Å². The molecule has 1 unspecified atom stereocenters. The number of aromatic nitrogens is 4. The third-order valence-electron chi connectivity index (χ3n) is 3.58. The van der Waals surface area contributed by atoms with Crippen molar-refractivity contribution in [2.75, 3.05) is 0 Å². The van der Waals surface area contributed by atoms with E-state index in [1.807, 2.05) is 0 Å². The van der Waals surface area contributed by atoms with Gasteiger partial charge in [0.15, 0.2) is 5.65 Å². The quantitative estimate of drug-likeness (QED) is 0.764. The summed E-state index contributed by atoms with van der Waals surface area (Å²) in [4.78, 5) is 18.6. The van der Waals surface area contributed by atoms with Crippen molar-refractivity contribution in [2.24, 2.45) is 7.05 Å². The van der Waals surface area contributed by atoms with Crippen LogP contribution in [0.3, 0.4) is 0 Å². The number of nitrogens with one attached hydrogen (secondary N) is 2. The summed E-state index contributed by atoms with van der Waals surface area (Å²) in [5.74, 6) is 0.112. The lowest BCUT2D eigenvalue weighted by atomic mass is 10.1. The highest BCUT2D eigenvalue weighted by Gasteiger charge is 2.40. The Morgan fingerprint density at radius 3 is 2.67 bits per heavy atom. The van der Waals surface area contributed by atoms with Crippen LogP contribution < -0.4 is 10.9 Å². The Hall–Kier alpha value is -2.68. The normalized spacial score (nSPS) is 13.3. The van der Waals surface area contributed by atoms with Gasteiger partial charge in [-0.1, -0.05) is 30.3 Å². The molecule has 0 amide bonds. The van der Waals surface area contributed by atoms with E-state index in [0.717, 1.165) is 0 Å². The Balaban J connectivity index is 1.87. The fraction of sp³-hybridized carbons (Fsp3) is 0.267. The zero-order valence-corrected chi connectivity index (χ0v) is 12.6. The standard InChI is InChI=1S/C15H14F3N5O/c1-23-13-10(7-20-23)14(24)22-11(21-13)8-19-12(15(16,17)18)9-5-3-2-4-6-9/h2-7,12,19H,8H2,1H3,(H,21,22,24). The number of H-pyrrole nitrogens is 1. The number of hydrogen-bond acceptors (Lipinski definition) is 4. The second-order valence-corrected chi connectivity index (χ2v) is 5.28. The van der Waals surface area contributed by atoms with E-state index < -0.39 is 17.8 Å². The van der Waals surface area contributed by atoms with Crippen LogP contribution in [0.5, 0.6) is 0 Å². The Morgan fingerprint density at radius 2 is 2.00 bits per heavy atom. The summed E-state index contributed by atoms with van der Waals surface area (Å²) in [6.45, 7) is -0.241. The Labute approximate surface area is 134 Å². The fourth-order valence-corrected chi connectivity index (χ4v) is 2.43. The number of fused-ring (bicyclic) bond motifs is 1. The molecule has 126 valence electrons. The Bertz CT molecular complexity index is 901. The highest BCUT2D eigenvalue weighted by atomic mass is 19.4. The maximum atomic E-state index is 13.3. The van der Waals surface area contributed by atoms with Crippen LogP contribution >= 0.6 is 0 Å². The average molecular weight is 337 g/mol. The number of alkyl halides is 3. The molecule has 2 heterocycles.